The number of aromatic nitrogens is 2. The topological polar surface area (TPSA) is 91.7 Å². The Labute approximate surface area is 229 Å². The van der Waals surface area contributed by atoms with Crippen molar-refractivity contribution < 1.29 is 18.7 Å². The number of likely N-dealkylation sites (tertiary alicyclic amines) is 1. The maximum absolute atomic E-state index is 13.1. The summed E-state index contributed by atoms with van der Waals surface area (Å²) in [6, 6.07) is 16.9. The number of H-pyrrole nitrogens is 1. The van der Waals surface area contributed by atoms with Crippen LogP contribution in [-0.2, 0) is 29.0 Å². The van der Waals surface area contributed by atoms with E-state index in [1.807, 2.05) is 13.0 Å². The fraction of sp³-hybridized carbons (Fsp3) is 0.387. The van der Waals surface area contributed by atoms with Crippen molar-refractivity contribution in [3.8, 4) is 0 Å². The van der Waals surface area contributed by atoms with E-state index in [9.17, 15) is 9.59 Å². The second kappa shape index (κ2) is 12.3. The summed E-state index contributed by atoms with van der Waals surface area (Å²) in [5, 5.41) is 1.24. The molecule has 8 nitrogen and oxygen atoms in total. The number of carbonyl (C=O) groups excluding carboxylic acids is 2. The molecule has 1 saturated heterocycles. The predicted molar refractivity (Wildman–Crippen MR) is 149 cm³/mol. The number of fused-ring (bicyclic) bond motifs is 1. The molecule has 0 atom stereocenters. The minimum absolute atomic E-state index is 0.144. The second-order valence-electron chi connectivity index (χ2n) is 10.3. The number of rotatable bonds is 10. The Bertz CT molecular complexity index is 1400. The molecule has 0 bridgehead atoms. The first-order valence-corrected chi connectivity index (χ1v) is 13.7. The minimum Gasteiger partial charge on any atom is -0.466 e. The van der Waals surface area contributed by atoms with E-state index in [2.05, 4.69) is 70.5 Å². The van der Waals surface area contributed by atoms with Crippen LogP contribution in [0.25, 0.3) is 10.9 Å². The fourth-order valence-corrected chi connectivity index (χ4v) is 5.20. The minimum atomic E-state index is -0.172. The number of ether oxygens (including phenoxy) is 1. The van der Waals surface area contributed by atoms with Crippen molar-refractivity contribution in [2.45, 2.75) is 46.2 Å². The Morgan fingerprint density at radius 3 is 2.64 bits per heavy atom. The van der Waals surface area contributed by atoms with Crippen molar-refractivity contribution in [3.05, 3.63) is 89.3 Å². The fourth-order valence-electron chi connectivity index (χ4n) is 5.20. The van der Waals surface area contributed by atoms with Crippen molar-refractivity contribution in [2.24, 2.45) is 5.92 Å². The molecule has 5 rings (SSSR count). The van der Waals surface area contributed by atoms with Crippen LogP contribution in [0.2, 0.25) is 0 Å². The quantitative estimate of drug-likeness (QED) is 0.287. The van der Waals surface area contributed by atoms with E-state index >= 15 is 0 Å². The summed E-state index contributed by atoms with van der Waals surface area (Å²) in [7, 11) is 0. The van der Waals surface area contributed by atoms with Gasteiger partial charge in [-0.3, -0.25) is 14.5 Å². The molecule has 1 aliphatic heterocycles. The third kappa shape index (κ3) is 6.57. The number of nitrogens with one attached hydrogen (secondary N) is 1. The lowest BCUT2D eigenvalue weighted by Gasteiger charge is -2.30. The maximum Gasteiger partial charge on any atom is 0.309 e. The number of aryl methyl sites for hydroxylation is 1. The number of nitrogens with zero attached hydrogens (tertiary/aromatic N) is 3. The summed E-state index contributed by atoms with van der Waals surface area (Å²) in [5.74, 6) is 0.0472. The molecule has 1 N–H and O–H groups in total. The van der Waals surface area contributed by atoms with Gasteiger partial charge in [0.15, 0.2) is 5.69 Å². The van der Waals surface area contributed by atoms with E-state index < -0.39 is 0 Å². The van der Waals surface area contributed by atoms with Crippen LogP contribution in [0.4, 0.5) is 0 Å². The van der Waals surface area contributed by atoms with Crippen molar-refractivity contribution in [2.75, 3.05) is 26.2 Å². The second-order valence-corrected chi connectivity index (χ2v) is 10.3. The van der Waals surface area contributed by atoms with Gasteiger partial charge in [-0.2, -0.15) is 0 Å². The zero-order valence-corrected chi connectivity index (χ0v) is 22.7. The average molecular weight is 529 g/mol. The summed E-state index contributed by atoms with van der Waals surface area (Å²) in [6.45, 7) is 7.34. The van der Waals surface area contributed by atoms with Gasteiger partial charge in [-0.1, -0.05) is 48.0 Å². The van der Waals surface area contributed by atoms with E-state index in [0.29, 0.717) is 50.7 Å². The van der Waals surface area contributed by atoms with E-state index in [1.165, 1.54) is 28.3 Å². The third-order valence-corrected chi connectivity index (χ3v) is 7.43. The van der Waals surface area contributed by atoms with Crippen LogP contribution >= 0.6 is 0 Å². The van der Waals surface area contributed by atoms with Gasteiger partial charge in [0.05, 0.1) is 19.1 Å². The highest BCUT2D eigenvalue weighted by Crippen LogP contribution is 2.22. The van der Waals surface area contributed by atoms with Gasteiger partial charge in [-0.05, 0) is 50.3 Å². The number of amides is 1. The Balaban J connectivity index is 1.24. The van der Waals surface area contributed by atoms with Gasteiger partial charge in [0.25, 0.3) is 5.91 Å². The molecule has 39 heavy (non-hydrogen) atoms. The molecular formula is C31H36N4O4. The number of esters is 1. The van der Waals surface area contributed by atoms with Gasteiger partial charge < -0.3 is 19.0 Å². The molecule has 8 heteroatoms. The molecule has 0 radical (unpaired) electrons. The number of hydrogen-bond donors (Lipinski definition) is 1. The molecule has 204 valence electrons. The number of carbonyl (C=O) groups is 2. The molecule has 0 saturated carbocycles. The molecule has 1 fully saturated rings. The molecule has 1 aliphatic rings. The SMILES string of the molecule is CCOC(=O)C1CCN(C(=O)c2coc(CN(CCc3c[nH]c4ccccc34)Cc3ccc(C)cc3)n2)CC1. The average Bonchev–Trinajstić information content (AvgIpc) is 3.60. The largest absolute Gasteiger partial charge is 0.466 e. The molecule has 3 heterocycles. The standard InChI is InChI=1S/C31H36N4O4/c1-3-38-31(37)24-13-16-35(17-14-24)30(36)28-21-39-29(33-28)20-34(19-23-10-8-22(2)9-11-23)15-12-25-18-32-27-7-5-4-6-26(25)27/h4-11,18,21,24,32H,3,12-17,19-20H2,1-2H3. The Morgan fingerprint density at radius 2 is 1.87 bits per heavy atom. The van der Waals surface area contributed by atoms with Crippen molar-refractivity contribution >= 4 is 22.8 Å². The molecule has 1 amide bonds. The van der Waals surface area contributed by atoms with Crippen LogP contribution in [0.3, 0.4) is 0 Å². The van der Waals surface area contributed by atoms with Crippen LogP contribution in [0, 0.1) is 12.8 Å². The summed E-state index contributed by atoms with van der Waals surface area (Å²) in [6.07, 6.45) is 5.62. The van der Waals surface area contributed by atoms with Gasteiger partial charge >= 0.3 is 5.97 Å². The third-order valence-electron chi connectivity index (χ3n) is 7.43. The molecule has 4 aromatic rings. The number of benzene rings is 2. The van der Waals surface area contributed by atoms with Crippen molar-refractivity contribution in [3.63, 3.8) is 0 Å². The zero-order chi connectivity index (χ0) is 27.2. The first-order valence-electron chi connectivity index (χ1n) is 13.7. The van der Waals surface area contributed by atoms with Gasteiger partial charge in [-0.25, -0.2) is 4.98 Å². The summed E-state index contributed by atoms with van der Waals surface area (Å²) < 4.78 is 10.9. The molecule has 2 aromatic heterocycles. The van der Waals surface area contributed by atoms with Crippen LogP contribution in [0.1, 0.15) is 52.8 Å². The molecule has 2 aromatic carbocycles. The normalized spacial score (nSPS) is 14.3. The Kier molecular flexibility index (Phi) is 8.42. The number of oxazole rings is 1. The first-order chi connectivity index (χ1) is 19.0. The first kappa shape index (κ1) is 26.7. The number of para-hydroxylation sites is 1. The van der Waals surface area contributed by atoms with Gasteiger partial charge in [0.1, 0.15) is 6.26 Å². The van der Waals surface area contributed by atoms with E-state index in [1.54, 1.807) is 4.90 Å². The van der Waals surface area contributed by atoms with Crippen LogP contribution in [0.5, 0.6) is 0 Å². The van der Waals surface area contributed by atoms with E-state index in [0.717, 1.165) is 25.0 Å². The smallest absolute Gasteiger partial charge is 0.309 e. The van der Waals surface area contributed by atoms with Crippen LogP contribution < -0.4 is 0 Å². The van der Waals surface area contributed by atoms with Crippen LogP contribution in [0.15, 0.2) is 65.4 Å². The molecular weight excluding hydrogens is 492 g/mol. The van der Waals surface area contributed by atoms with Gasteiger partial charge in [0.2, 0.25) is 5.89 Å². The maximum atomic E-state index is 13.1. The highest BCUT2D eigenvalue weighted by Gasteiger charge is 2.30. The lowest BCUT2D eigenvalue weighted by Crippen LogP contribution is -2.40. The Hall–Kier alpha value is -3.91. The van der Waals surface area contributed by atoms with Gasteiger partial charge in [-0.15, -0.1) is 0 Å². The highest BCUT2D eigenvalue weighted by molar-refractivity contribution is 5.92. The number of piperidine rings is 1. The monoisotopic (exact) mass is 528 g/mol. The molecule has 0 spiro atoms. The van der Waals surface area contributed by atoms with Crippen LogP contribution in [-0.4, -0.2) is 57.9 Å². The summed E-state index contributed by atoms with van der Waals surface area (Å²) in [4.78, 5) is 37.1. The highest BCUT2D eigenvalue weighted by atomic mass is 16.5. The number of aromatic amines is 1. The van der Waals surface area contributed by atoms with E-state index in [-0.39, 0.29) is 17.8 Å². The summed E-state index contributed by atoms with van der Waals surface area (Å²) >= 11 is 0. The lowest BCUT2D eigenvalue weighted by atomic mass is 9.97. The van der Waals surface area contributed by atoms with Crippen molar-refractivity contribution in [1.29, 1.82) is 0 Å². The number of hydrogen-bond acceptors (Lipinski definition) is 6. The zero-order valence-electron chi connectivity index (χ0n) is 22.7. The lowest BCUT2D eigenvalue weighted by molar-refractivity contribution is -0.149. The predicted octanol–water partition coefficient (Wildman–Crippen LogP) is 5.12. The van der Waals surface area contributed by atoms with Crippen molar-refractivity contribution in [1.82, 2.24) is 19.8 Å². The molecule has 0 unspecified atom stereocenters. The van der Waals surface area contributed by atoms with Gasteiger partial charge in [0, 0.05) is 43.3 Å². The molecule has 0 aliphatic carbocycles. The Morgan fingerprint density at radius 1 is 1.10 bits per heavy atom. The summed E-state index contributed by atoms with van der Waals surface area (Å²) in [5.41, 5.74) is 5.17. The van der Waals surface area contributed by atoms with E-state index in [4.69, 9.17) is 9.15 Å².